The topological polar surface area (TPSA) is 46.2 Å². The third-order valence-corrected chi connectivity index (χ3v) is 3.16. The molecule has 0 amide bonds. The van der Waals surface area contributed by atoms with Crippen molar-refractivity contribution in [1.29, 1.82) is 0 Å². The van der Waals surface area contributed by atoms with Crippen molar-refractivity contribution in [3.63, 3.8) is 0 Å². The number of rotatable bonds is 1. The largest absolute Gasteiger partial charge is 0.506 e. The SMILES string of the molecule is CC(C)(C)[C@@H](N)c1ccc(Cl)c(Cl)c1O.Cl. The Kier molecular flexibility index (Phi) is 5.40. The summed E-state index contributed by atoms with van der Waals surface area (Å²) in [6, 6.07) is 3.07. The molecule has 0 fully saturated rings. The Labute approximate surface area is 112 Å². The van der Waals surface area contributed by atoms with Crippen molar-refractivity contribution in [1.82, 2.24) is 0 Å². The highest BCUT2D eigenvalue weighted by atomic mass is 35.5. The van der Waals surface area contributed by atoms with Crippen molar-refractivity contribution >= 4 is 35.6 Å². The summed E-state index contributed by atoms with van der Waals surface area (Å²) in [6.45, 7) is 6.00. The van der Waals surface area contributed by atoms with E-state index in [4.69, 9.17) is 28.9 Å². The molecule has 1 rings (SSSR count). The van der Waals surface area contributed by atoms with Gasteiger partial charge < -0.3 is 10.8 Å². The maximum absolute atomic E-state index is 9.82. The minimum atomic E-state index is -0.285. The Balaban J connectivity index is 0.00000225. The van der Waals surface area contributed by atoms with E-state index < -0.39 is 0 Å². The van der Waals surface area contributed by atoms with Gasteiger partial charge >= 0.3 is 0 Å². The smallest absolute Gasteiger partial charge is 0.140 e. The number of halogens is 3. The van der Waals surface area contributed by atoms with Crippen molar-refractivity contribution in [2.24, 2.45) is 11.1 Å². The van der Waals surface area contributed by atoms with Crippen LogP contribution in [0.2, 0.25) is 10.0 Å². The van der Waals surface area contributed by atoms with Crippen molar-refractivity contribution in [2.75, 3.05) is 0 Å². The van der Waals surface area contributed by atoms with Crippen LogP contribution >= 0.6 is 35.6 Å². The highest BCUT2D eigenvalue weighted by Gasteiger charge is 2.26. The predicted molar refractivity (Wildman–Crippen MR) is 71.8 cm³/mol. The van der Waals surface area contributed by atoms with E-state index in [1.54, 1.807) is 12.1 Å². The minimum Gasteiger partial charge on any atom is -0.506 e. The first-order valence-corrected chi connectivity index (χ1v) is 5.43. The number of hydrogen-bond acceptors (Lipinski definition) is 2. The molecule has 0 unspecified atom stereocenters. The molecule has 0 bridgehead atoms. The average molecular weight is 285 g/mol. The van der Waals surface area contributed by atoms with E-state index in [1.165, 1.54) is 0 Å². The molecule has 0 aliphatic rings. The number of hydrogen-bond donors (Lipinski definition) is 2. The lowest BCUT2D eigenvalue weighted by Gasteiger charge is -2.28. The molecule has 2 nitrogen and oxygen atoms in total. The summed E-state index contributed by atoms with van der Waals surface area (Å²) in [7, 11) is 0. The van der Waals surface area contributed by atoms with E-state index in [0.29, 0.717) is 10.6 Å². The van der Waals surface area contributed by atoms with Gasteiger partial charge in [0.25, 0.3) is 0 Å². The molecule has 1 aromatic carbocycles. The fraction of sp³-hybridized carbons (Fsp3) is 0.455. The summed E-state index contributed by atoms with van der Waals surface area (Å²) in [5.41, 5.74) is 6.51. The zero-order valence-electron chi connectivity index (χ0n) is 9.42. The van der Waals surface area contributed by atoms with Crippen LogP contribution in [-0.4, -0.2) is 5.11 Å². The van der Waals surface area contributed by atoms with Gasteiger partial charge in [-0.05, 0) is 11.5 Å². The molecule has 0 aliphatic carbocycles. The summed E-state index contributed by atoms with van der Waals surface area (Å²) < 4.78 is 0. The monoisotopic (exact) mass is 283 g/mol. The van der Waals surface area contributed by atoms with Crippen LogP contribution in [0.15, 0.2) is 12.1 Å². The molecule has 0 saturated heterocycles. The second-order valence-corrected chi connectivity index (χ2v) is 5.43. The third kappa shape index (κ3) is 3.17. The maximum atomic E-state index is 9.82. The van der Waals surface area contributed by atoms with Crippen LogP contribution in [0.1, 0.15) is 32.4 Å². The lowest BCUT2D eigenvalue weighted by molar-refractivity contribution is 0.318. The fourth-order valence-corrected chi connectivity index (χ4v) is 1.60. The summed E-state index contributed by atoms with van der Waals surface area (Å²) in [5, 5.41) is 10.3. The number of benzene rings is 1. The first-order chi connectivity index (χ1) is 6.75. The molecule has 0 saturated carbocycles. The van der Waals surface area contributed by atoms with Crippen LogP contribution in [0.3, 0.4) is 0 Å². The van der Waals surface area contributed by atoms with E-state index in [0.717, 1.165) is 0 Å². The van der Waals surface area contributed by atoms with Crippen molar-refractivity contribution in [3.05, 3.63) is 27.7 Å². The van der Waals surface area contributed by atoms with Gasteiger partial charge in [0.1, 0.15) is 10.8 Å². The van der Waals surface area contributed by atoms with Gasteiger partial charge in [0.2, 0.25) is 0 Å². The Morgan fingerprint density at radius 1 is 1.25 bits per heavy atom. The fourth-order valence-electron chi connectivity index (χ4n) is 1.27. The minimum absolute atomic E-state index is 0. The Hall–Kier alpha value is -0.150. The van der Waals surface area contributed by atoms with Gasteiger partial charge in [-0.2, -0.15) is 0 Å². The van der Waals surface area contributed by atoms with Crippen molar-refractivity contribution in [2.45, 2.75) is 26.8 Å². The molecule has 3 N–H and O–H groups in total. The van der Waals surface area contributed by atoms with Crippen LogP contribution in [0.4, 0.5) is 0 Å². The lowest BCUT2D eigenvalue weighted by atomic mass is 9.83. The molecule has 1 aromatic rings. The molecule has 0 heterocycles. The van der Waals surface area contributed by atoms with Gasteiger partial charge in [-0.25, -0.2) is 0 Å². The van der Waals surface area contributed by atoms with Gasteiger partial charge in [0, 0.05) is 11.6 Å². The number of phenols is 1. The van der Waals surface area contributed by atoms with Crippen molar-refractivity contribution < 1.29 is 5.11 Å². The quantitative estimate of drug-likeness (QED) is 0.813. The molecule has 5 heteroatoms. The second-order valence-electron chi connectivity index (χ2n) is 4.64. The average Bonchev–Trinajstić information content (AvgIpc) is 2.12. The van der Waals surface area contributed by atoms with Gasteiger partial charge in [-0.15, -0.1) is 12.4 Å². The highest BCUT2D eigenvalue weighted by molar-refractivity contribution is 6.43. The normalized spacial score (nSPS) is 13.1. The summed E-state index contributed by atoms with van der Waals surface area (Å²) in [6.07, 6.45) is 0. The first kappa shape index (κ1) is 15.9. The van der Waals surface area contributed by atoms with E-state index in [1.807, 2.05) is 20.8 Å². The first-order valence-electron chi connectivity index (χ1n) is 4.67. The summed E-state index contributed by atoms with van der Waals surface area (Å²) in [4.78, 5) is 0. The van der Waals surface area contributed by atoms with Gasteiger partial charge in [0.05, 0.1) is 5.02 Å². The summed E-state index contributed by atoms with van der Waals surface area (Å²) in [5.74, 6) is -0.0217. The number of nitrogens with two attached hydrogens (primary N) is 1. The Morgan fingerprint density at radius 2 is 1.75 bits per heavy atom. The van der Waals surface area contributed by atoms with E-state index in [2.05, 4.69) is 0 Å². The Morgan fingerprint density at radius 3 is 2.19 bits per heavy atom. The second kappa shape index (κ2) is 5.46. The van der Waals surface area contributed by atoms with Gasteiger partial charge in [-0.3, -0.25) is 0 Å². The van der Waals surface area contributed by atoms with E-state index in [9.17, 15) is 5.11 Å². The Bertz CT molecular complexity index is 374. The molecule has 16 heavy (non-hydrogen) atoms. The van der Waals surface area contributed by atoms with Gasteiger partial charge in [-0.1, -0.05) is 50.0 Å². The zero-order chi connectivity index (χ0) is 11.8. The zero-order valence-corrected chi connectivity index (χ0v) is 11.7. The number of phenolic OH excluding ortho intramolecular Hbond substituents is 1. The summed E-state index contributed by atoms with van der Waals surface area (Å²) >= 11 is 11.6. The molecular weight excluding hydrogens is 268 g/mol. The van der Waals surface area contributed by atoms with Crippen molar-refractivity contribution in [3.8, 4) is 5.75 Å². The standard InChI is InChI=1S/C11H15Cl2NO.ClH/c1-11(2,3)10(14)6-4-5-7(12)8(13)9(6)15;/h4-5,10,15H,14H2,1-3H3;1H/t10-;/m0./s1. The molecule has 0 aromatic heterocycles. The molecule has 0 spiro atoms. The van der Waals surface area contributed by atoms with Crippen LogP contribution in [0.5, 0.6) is 5.75 Å². The molecule has 0 aliphatic heterocycles. The maximum Gasteiger partial charge on any atom is 0.140 e. The van der Waals surface area contributed by atoms with Crippen LogP contribution < -0.4 is 5.73 Å². The van der Waals surface area contributed by atoms with Crippen LogP contribution in [0, 0.1) is 5.41 Å². The number of aromatic hydroxyl groups is 1. The van der Waals surface area contributed by atoms with E-state index in [-0.39, 0.29) is 34.6 Å². The molecule has 92 valence electrons. The van der Waals surface area contributed by atoms with Gasteiger partial charge in [0.15, 0.2) is 0 Å². The van der Waals surface area contributed by atoms with E-state index >= 15 is 0 Å². The highest BCUT2D eigenvalue weighted by Crippen LogP contribution is 2.41. The molecule has 0 radical (unpaired) electrons. The van der Waals surface area contributed by atoms with Crippen LogP contribution in [-0.2, 0) is 0 Å². The molecular formula is C11H16Cl3NO. The predicted octanol–water partition coefficient (Wildman–Crippen LogP) is 4.17. The third-order valence-electron chi connectivity index (χ3n) is 2.37. The lowest BCUT2D eigenvalue weighted by Crippen LogP contribution is -2.26. The van der Waals surface area contributed by atoms with Crippen LogP contribution in [0.25, 0.3) is 0 Å². The molecule has 1 atom stereocenters.